The first kappa shape index (κ1) is 12.3. The molecule has 1 N–H and O–H groups in total. The highest BCUT2D eigenvalue weighted by Crippen LogP contribution is 2.29. The summed E-state index contributed by atoms with van der Waals surface area (Å²) in [5.41, 5.74) is 3.30. The molecule has 2 aromatic heterocycles. The van der Waals surface area contributed by atoms with Crippen molar-refractivity contribution in [2.75, 3.05) is 5.75 Å². The van der Waals surface area contributed by atoms with Gasteiger partial charge in [-0.1, -0.05) is 0 Å². The number of thioether (sulfide) groups is 1. The van der Waals surface area contributed by atoms with E-state index in [1.54, 1.807) is 0 Å². The van der Waals surface area contributed by atoms with Gasteiger partial charge in [0, 0.05) is 18.3 Å². The standard InChI is InChI=1S/C12H18N4S2/c1-3-16-11-10(8(2)14-16)13-12(17)15(11)7-9-5-4-6-18-9/h9H,3-7H2,1-2H3,(H,13,17). The van der Waals surface area contributed by atoms with E-state index in [-0.39, 0.29) is 0 Å². The van der Waals surface area contributed by atoms with E-state index in [4.69, 9.17) is 12.2 Å². The Morgan fingerprint density at radius 2 is 2.39 bits per heavy atom. The molecule has 0 amide bonds. The molecule has 1 fully saturated rings. The van der Waals surface area contributed by atoms with Crippen LogP contribution in [0.15, 0.2) is 0 Å². The lowest BCUT2D eigenvalue weighted by Gasteiger charge is -2.11. The number of H-pyrrole nitrogens is 1. The summed E-state index contributed by atoms with van der Waals surface area (Å²) in [4.78, 5) is 3.31. The van der Waals surface area contributed by atoms with Crippen molar-refractivity contribution >= 4 is 35.1 Å². The van der Waals surface area contributed by atoms with E-state index >= 15 is 0 Å². The fraction of sp³-hybridized carbons (Fsp3) is 0.667. The normalized spacial score (nSPS) is 20.0. The van der Waals surface area contributed by atoms with Crippen LogP contribution in [-0.4, -0.2) is 30.3 Å². The van der Waals surface area contributed by atoms with E-state index in [0.717, 1.165) is 34.7 Å². The highest BCUT2D eigenvalue weighted by atomic mass is 32.2. The number of aromatic nitrogens is 4. The number of fused-ring (bicyclic) bond motifs is 1. The van der Waals surface area contributed by atoms with Gasteiger partial charge in [-0.2, -0.15) is 16.9 Å². The van der Waals surface area contributed by atoms with Crippen LogP contribution in [-0.2, 0) is 13.1 Å². The van der Waals surface area contributed by atoms with Crippen LogP contribution in [0, 0.1) is 11.7 Å². The lowest BCUT2D eigenvalue weighted by atomic mass is 10.2. The predicted octanol–water partition coefficient (Wildman–Crippen LogP) is 3.12. The lowest BCUT2D eigenvalue weighted by molar-refractivity contribution is 0.602. The van der Waals surface area contributed by atoms with Gasteiger partial charge >= 0.3 is 0 Å². The van der Waals surface area contributed by atoms with Crippen LogP contribution < -0.4 is 0 Å². The van der Waals surface area contributed by atoms with Crippen molar-refractivity contribution < 1.29 is 0 Å². The Morgan fingerprint density at radius 3 is 3.06 bits per heavy atom. The van der Waals surface area contributed by atoms with E-state index in [1.165, 1.54) is 18.6 Å². The molecule has 1 saturated heterocycles. The van der Waals surface area contributed by atoms with Gasteiger partial charge in [0.05, 0.1) is 5.69 Å². The summed E-state index contributed by atoms with van der Waals surface area (Å²) in [6.07, 6.45) is 2.64. The second-order valence-electron chi connectivity index (χ2n) is 4.78. The molecular weight excluding hydrogens is 264 g/mol. The van der Waals surface area contributed by atoms with Gasteiger partial charge in [0.15, 0.2) is 10.4 Å². The van der Waals surface area contributed by atoms with Crippen LogP contribution in [0.3, 0.4) is 0 Å². The molecule has 0 saturated carbocycles. The maximum atomic E-state index is 5.47. The first-order valence-electron chi connectivity index (χ1n) is 6.48. The molecule has 3 heterocycles. The van der Waals surface area contributed by atoms with Crippen molar-refractivity contribution in [2.45, 2.75) is 45.0 Å². The number of imidazole rings is 1. The van der Waals surface area contributed by atoms with Gasteiger partial charge in [-0.05, 0) is 44.7 Å². The molecule has 0 spiro atoms. The number of hydrogen-bond acceptors (Lipinski definition) is 3. The van der Waals surface area contributed by atoms with E-state index in [2.05, 4.69) is 38.0 Å². The van der Waals surface area contributed by atoms with Crippen molar-refractivity contribution in [1.82, 2.24) is 19.3 Å². The number of nitrogens with one attached hydrogen (secondary N) is 1. The van der Waals surface area contributed by atoms with Gasteiger partial charge in [0.25, 0.3) is 0 Å². The van der Waals surface area contributed by atoms with E-state index < -0.39 is 0 Å². The molecule has 1 unspecified atom stereocenters. The maximum absolute atomic E-state index is 5.47. The summed E-state index contributed by atoms with van der Waals surface area (Å²) in [6.45, 7) is 6.05. The van der Waals surface area contributed by atoms with Crippen molar-refractivity contribution in [3.8, 4) is 0 Å². The number of nitrogens with zero attached hydrogens (tertiary/aromatic N) is 3. The number of rotatable bonds is 3. The molecule has 1 aliphatic heterocycles. The molecule has 2 aromatic rings. The van der Waals surface area contributed by atoms with Crippen LogP contribution in [0.1, 0.15) is 25.5 Å². The third-order valence-corrected chi connectivity index (χ3v) is 5.25. The van der Waals surface area contributed by atoms with Gasteiger partial charge in [-0.15, -0.1) is 0 Å². The Morgan fingerprint density at radius 1 is 1.56 bits per heavy atom. The summed E-state index contributed by atoms with van der Waals surface area (Å²) in [5.74, 6) is 1.29. The van der Waals surface area contributed by atoms with Gasteiger partial charge in [0.2, 0.25) is 0 Å². The predicted molar refractivity (Wildman–Crippen MR) is 78.8 cm³/mol. The minimum Gasteiger partial charge on any atom is -0.328 e. The second kappa shape index (κ2) is 4.74. The average Bonchev–Trinajstić information content (AvgIpc) is 3.02. The van der Waals surface area contributed by atoms with Crippen LogP contribution in [0.2, 0.25) is 0 Å². The quantitative estimate of drug-likeness (QED) is 0.879. The summed E-state index contributed by atoms with van der Waals surface area (Å²) in [6, 6.07) is 0. The zero-order valence-corrected chi connectivity index (χ0v) is 12.4. The zero-order chi connectivity index (χ0) is 12.7. The van der Waals surface area contributed by atoms with Gasteiger partial charge in [0.1, 0.15) is 5.52 Å². The zero-order valence-electron chi connectivity index (χ0n) is 10.8. The van der Waals surface area contributed by atoms with Crippen LogP contribution in [0.4, 0.5) is 0 Å². The van der Waals surface area contributed by atoms with Gasteiger partial charge < -0.3 is 9.55 Å². The molecule has 0 aromatic carbocycles. The Kier molecular flexibility index (Phi) is 3.23. The van der Waals surface area contributed by atoms with Crippen molar-refractivity contribution in [2.24, 2.45) is 0 Å². The summed E-state index contributed by atoms with van der Waals surface area (Å²) in [7, 11) is 0. The first-order valence-corrected chi connectivity index (χ1v) is 7.94. The highest BCUT2D eigenvalue weighted by Gasteiger charge is 2.20. The molecule has 4 nitrogen and oxygen atoms in total. The fourth-order valence-electron chi connectivity index (χ4n) is 2.64. The molecule has 18 heavy (non-hydrogen) atoms. The SMILES string of the molecule is CCn1nc(C)c2[nH]c(=S)n(CC3CCCS3)c21. The van der Waals surface area contributed by atoms with E-state index in [1.807, 2.05) is 6.92 Å². The monoisotopic (exact) mass is 282 g/mol. The molecule has 98 valence electrons. The Labute approximate surface area is 116 Å². The fourth-order valence-corrected chi connectivity index (χ4v) is 4.16. The van der Waals surface area contributed by atoms with Crippen molar-refractivity contribution in [3.63, 3.8) is 0 Å². The third-order valence-electron chi connectivity index (χ3n) is 3.54. The molecule has 1 aliphatic rings. The molecule has 0 bridgehead atoms. The number of aryl methyl sites for hydroxylation is 2. The minimum absolute atomic E-state index is 0.705. The molecule has 6 heteroatoms. The van der Waals surface area contributed by atoms with Crippen molar-refractivity contribution in [3.05, 3.63) is 10.5 Å². The largest absolute Gasteiger partial charge is 0.328 e. The maximum Gasteiger partial charge on any atom is 0.179 e. The Bertz CT molecular complexity index is 616. The number of aromatic amines is 1. The molecule has 3 rings (SSSR count). The molecule has 0 aliphatic carbocycles. The van der Waals surface area contributed by atoms with Crippen LogP contribution in [0.25, 0.3) is 11.2 Å². The van der Waals surface area contributed by atoms with Crippen LogP contribution in [0.5, 0.6) is 0 Å². The Hall–Kier alpha value is -0.750. The average molecular weight is 282 g/mol. The summed E-state index contributed by atoms with van der Waals surface area (Å²) < 4.78 is 5.12. The summed E-state index contributed by atoms with van der Waals surface area (Å²) in [5, 5.41) is 5.26. The van der Waals surface area contributed by atoms with Crippen LogP contribution >= 0.6 is 24.0 Å². The Balaban J connectivity index is 2.08. The second-order valence-corrected chi connectivity index (χ2v) is 6.57. The smallest absolute Gasteiger partial charge is 0.179 e. The van der Waals surface area contributed by atoms with Gasteiger partial charge in [-0.25, -0.2) is 4.68 Å². The van der Waals surface area contributed by atoms with E-state index in [0.29, 0.717) is 5.25 Å². The molecular formula is C12H18N4S2. The minimum atomic E-state index is 0.705. The summed E-state index contributed by atoms with van der Waals surface area (Å²) >= 11 is 7.53. The topological polar surface area (TPSA) is 38.5 Å². The highest BCUT2D eigenvalue weighted by molar-refractivity contribution is 8.00. The lowest BCUT2D eigenvalue weighted by Crippen LogP contribution is -2.12. The molecule has 1 atom stereocenters. The van der Waals surface area contributed by atoms with Crippen molar-refractivity contribution in [1.29, 1.82) is 0 Å². The number of hydrogen-bond donors (Lipinski definition) is 1. The van der Waals surface area contributed by atoms with E-state index in [9.17, 15) is 0 Å². The molecule has 0 radical (unpaired) electrons. The van der Waals surface area contributed by atoms with Gasteiger partial charge in [-0.3, -0.25) is 0 Å². The first-order chi connectivity index (χ1) is 8.70. The third kappa shape index (κ3) is 1.91.